The van der Waals surface area contributed by atoms with Gasteiger partial charge < -0.3 is 5.32 Å². The molecule has 0 spiro atoms. The molecule has 0 heterocycles. The molecule has 126 valence electrons. The van der Waals surface area contributed by atoms with Crippen LogP contribution in [0.1, 0.15) is 48.7 Å². The highest BCUT2D eigenvalue weighted by Gasteiger charge is 2.18. The minimum atomic E-state index is -0.111. The van der Waals surface area contributed by atoms with Gasteiger partial charge in [-0.2, -0.15) is 0 Å². The summed E-state index contributed by atoms with van der Waals surface area (Å²) in [4.78, 5) is 24.4. The van der Waals surface area contributed by atoms with Crippen LogP contribution in [0.4, 0.5) is 0 Å². The zero-order chi connectivity index (χ0) is 17.5. The van der Waals surface area contributed by atoms with Crippen molar-refractivity contribution in [3.05, 3.63) is 70.7 Å². The zero-order valence-electron chi connectivity index (χ0n) is 14.0. The molecule has 0 aliphatic heterocycles. The van der Waals surface area contributed by atoms with Crippen LogP contribution in [0.2, 0.25) is 5.02 Å². The number of halogens is 1. The lowest BCUT2D eigenvalue weighted by Crippen LogP contribution is -2.31. The molecule has 1 N–H and O–H groups in total. The molecule has 0 saturated heterocycles. The minimum Gasteiger partial charge on any atom is -0.349 e. The second-order valence-electron chi connectivity index (χ2n) is 6.13. The number of benzene rings is 2. The van der Waals surface area contributed by atoms with E-state index in [4.69, 9.17) is 11.6 Å². The maximum atomic E-state index is 12.2. The van der Waals surface area contributed by atoms with Crippen molar-refractivity contribution in [1.82, 2.24) is 5.32 Å². The molecule has 2 rings (SSSR count). The fourth-order valence-corrected chi connectivity index (χ4v) is 2.67. The number of hydrogen-bond acceptors (Lipinski definition) is 2. The SMILES string of the molecule is CC(C)C(NC(=O)CCC(=O)c1ccc(Cl)cc1)c1ccccc1. The normalized spacial score (nSPS) is 12.0. The van der Waals surface area contributed by atoms with Gasteiger partial charge in [0.15, 0.2) is 5.78 Å². The van der Waals surface area contributed by atoms with Gasteiger partial charge in [-0.05, 0) is 35.7 Å². The first-order chi connectivity index (χ1) is 11.5. The van der Waals surface area contributed by atoms with Gasteiger partial charge in [0.1, 0.15) is 0 Å². The molecule has 0 fully saturated rings. The Balaban J connectivity index is 1.92. The Morgan fingerprint density at radius 1 is 0.958 bits per heavy atom. The van der Waals surface area contributed by atoms with Crippen LogP contribution in [0.3, 0.4) is 0 Å². The first-order valence-corrected chi connectivity index (χ1v) is 8.48. The Hall–Kier alpha value is -2.13. The molecule has 24 heavy (non-hydrogen) atoms. The summed E-state index contributed by atoms with van der Waals surface area (Å²) in [6.07, 6.45) is 0.366. The number of nitrogens with one attached hydrogen (secondary N) is 1. The van der Waals surface area contributed by atoms with E-state index >= 15 is 0 Å². The van der Waals surface area contributed by atoms with E-state index in [0.29, 0.717) is 10.6 Å². The van der Waals surface area contributed by atoms with Crippen molar-refractivity contribution in [1.29, 1.82) is 0 Å². The number of carbonyl (C=O) groups excluding carboxylic acids is 2. The van der Waals surface area contributed by atoms with Gasteiger partial charge in [0, 0.05) is 23.4 Å². The van der Waals surface area contributed by atoms with Crippen LogP contribution in [0.15, 0.2) is 54.6 Å². The van der Waals surface area contributed by atoms with Crippen molar-refractivity contribution in [2.75, 3.05) is 0 Å². The Bertz CT molecular complexity index is 681. The van der Waals surface area contributed by atoms with Crippen molar-refractivity contribution < 1.29 is 9.59 Å². The first-order valence-electron chi connectivity index (χ1n) is 8.10. The summed E-state index contributed by atoms with van der Waals surface area (Å²) in [5.74, 6) is 0.103. The van der Waals surface area contributed by atoms with E-state index in [-0.39, 0.29) is 36.5 Å². The molecule has 4 heteroatoms. The second-order valence-corrected chi connectivity index (χ2v) is 6.57. The van der Waals surface area contributed by atoms with Crippen LogP contribution < -0.4 is 5.32 Å². The standard InChI is InChI=1S/C20H22ClNO2/c1-14(2)20(16-6-4-3-5-7-16)22-19(24)13-12-18(23)15-8-10-17(21)11-9-15/h3-11,14,20H,12-13H2,1-2H3,(H,22,24). The predicted octanol–water partition coefficient (Wildman–Crippen LogP) is 4.82. The maximum Gasteiger partial charge on any atom is 0.220 e. The zero-order valence-corrected chi connectivity index (χ0v) is 14.7. The quantitative estimate of drug-likeness (QED) is 0.733. The number of ketones is 1. The van der Waals surface area contributed by atoms with E-state index in [1.54, 1.807) is 24.3 Å². The summed E-state index contributed by atoms with van der Waals surface area (Å²) in [7, 11) is 0. The fraction of sp³-hybridized carbons (Fsp3) is 0.300. The Morgan fingerprint density at radius 3 is 2.17 bits per heavy atom. The van der Waals surface area contributed by atoms with Crippen LogP contribution in [-0.2, 0) is 4.79 Å². The number of rotatable bonds is 7. The van der Waals surface area contributed by atoms with Crippen LogP contribution in [0.5, 0.6) is 0 Å². The van der Waals surface area contributed by atoms with E-state index in [0.717, 1.165) is 5.56 Å². The fourth-order valence-electron chi connectivity index (χ4n) is 2.55. The number of hydrogen-bond donors (Lipinski definition) is 1. The third kappa shape index (κ3) is 5.20. The smallest absolute Gasteiger partial charge is 0.220 e. The van der Waals surface area contributed by atoms with Crippen LogP contribution in [-0.4, -0.2) is 11.7 Å². The maximum absolute atomic E-state index is 12.2. The molecule has 3 nitrogen and oxygen atoms in total. The van der Waals surface area contributed by atoms with Gasteiger partial charge in [0.2, 0.25) is 5.91 Å². The average molecular weight is 344 g/mol. The molecule has 2 aromatic carbocycles. The lowest BCUT2D eigenvalue weighted by atomic mass is 9.95. The van der Waals surface area contributed by atoms with Crippen LogP contribution in [0, 0.1) is 5.92 Å². The summed E-state index contributed by atoms with van der Waals surface area (Å²) < 4.78 is 0. The van der Waals surface area contributed by atoms with E-state index in [2.05, 4.69) is 19.2 Å². The molecule has 0 aliphatic carbocycles. The molecule has 0 saturated carbocycles. The second kappa shape index (κ2) is 8.65. The van der Waals surface area contributed by atoms with Crippen LogP contribution >= 0.6 is 11.6 Å². The lowest BCUT2D eigenvalue weighted by molar-refractivity contribution is -0.122. The van der Waals surface area contributed by atoms with Crippen LogP contribution in [0.25, 0.3) is 0 Å². The molecule has 2 aromatic rings. The predicted molar refractivity (Wildman–Crippen MR) is 97.2 cm³/mol. The topological polar surface area (TPSA) is 46.2 Å². The largest absolute Gasteiger partial charge is 0.349 e. The highest BCUT2D eigenvalue weighted by Crippen LogP contribution is 2.21. The van der Waals surface area contributed by atoms with E-state index in [1.807, 2.05) is 30.3 Å². The summed E-state index contributed by atoms with van der Waals surface area (Å²) >= 11 is 5.81. The number of amides is 1. The highest BCUT2D eigenvalue weighted by atomic mass is 35.5. The van der Waals surface area contributed by atoms with Gasteiger partial charge in [-0.15, -0.1) is 0 Å². The average Bonchev–Trinajstić information content (AvgIpc) is 2.58. The van der Waals surface area contributed by atoms with Gasteiger partial charge in [-0.3, -0.25) is 9.59 Å². The van der Waals surface area contributed by atoms with Crippen molar-refractivity contribution >= 4 is 23.3 Å². The summed E-state index contributed by atoms with van der Waals surface area (Å²) in [5.41, 5.74) is 1.65. The molecular formula is C20H22ClNO2. The molecular weight excluding hydrogens is 322 g/mol. The molecule has 0 aliphatic rings. The minimum absolute atomic E-state index is 0.0515. The number of carbonyl (C=O) groups is 2. The van der Waals surface area contributed by atoms with Crippen molar-refractivity contribution in [3.8, 4) is 0 Å². The summed E-state index contributed by atoms with van der Waals surface area (Å²) in [6.45, 7) is 4.13. The Labute approximate surface area is 148 Å². The van der Waals surface area contributed by atoms with Gasteiger partial charge in [0.05, 0.1) is 6.04 Å². The summed E-state index contributed by atoms with van der Waals surface area (Å²) in [5, 5.41) is 3.63. The summed E-state index contributed by atoms with van der Waals surface area (Å²) in [6, 6.07) is 16.6. The molecule has 0 aromatic heterocycles. The Kier molecular flexibility index (Phi) is 6.56. The molecule has 1 atom stereocenters. The first kappa shape index (κ1) is 18.2. The third-order valence-electron chi connectivity index (χ3n) is 3.89. The van der Waals surface area contributed by atoms with Gasteiger partial charge >= 0.3 is 0 Å². The number of Topliss-reactive ketones (excluding diaryl/α,β-unsaturated/α-hetero) is 1. The molecule has 0 radical (unpaired) electrons. The van der Waals surface area contributed by atoms with Crippen molar-refractivity contribution in [2.45, 2.75) is 32.7 Å². The van der Waals surface area contributed by atoms with Gasteiger partial charge in [-0.25, -0.2) is 0 Å². The highest BCUT2D eigenvalue weighted by molar-refractivity contribution is 6.30. The molecule has 1 amide bonds. The molecule has 0 bridgehead atoms. The van der Waals surface area contributed by atoms with E-state index in [9.17, 15) is 9.59 Å². The van der Waals surface area contributed by atoms with E-state index in [1.165, 1.54) is 0 Å². The van der Waals surface area contributed by atoms with Crippen molar-refractivity contribution in [3.63, 3.8) is 0 Å². The Morgan fingerprint density at radius 2 is 1.58 bits per heavy atom. The van der Waals surface area contributed by atoms with Gasteiger partial charge in [-0.1, -0.05) is 55.8 Å². The molecule has 1 unspecified atom stereocenters. The third-order valence-corrected chi connectivity index (χ3v) is 4.14. The van der Waals surface area contributed by atoms with Gasteiger partial charge in [0.25, 0.3) is 0 Å². The monoisotopic (exact) mass is 343 g/mol. The lowest BCUT2D eigenvalue weighted by Gasteiger charge is -2.23. The van der Waals surface area contributed by atoms with Crippen molar-refractivity contribution in [2.24, 2.45) is 5.92 Å². The van der Waals surface area contributed by atoms with E-state index < -0.39 is 0 Å².